The van der Waals surface area contributed by atoms with Crippen molar-refractivity contribution in [1.82, 2.24) is 0 Å². The van der Waals surface area contributed by atoms with E-state index in [0.29, 0.717) is 5.75 Å². The molecule has 0 aliphatic rings. The average Bonchev–Trinajstić information content (AvgIpc) is 2.54. The Morgan fingerprint density at radius 2 is 1.96 bits per heavy atom. The number of carbonyl (C=O) groups excluding carboxylic acids is 1. The summed E-state index contributed by atoms with van der Waals surface area (Å²) < 4.78 is 24.9. The second-order valence-electron chi connectivity index (χ2n) is 5.27. The maximum absolute atomic E-state index is 14.0. The number of carbonyl (C=O) groups is 1. The van der Waals surface area contributed by atoms with Crippen molar-refractivity contribution in [3.05, 3.63) is 58.9 Å². The second-order valence-corrected chi connectivity index (χ2v) is 5.27. The van der Waals surface area contributed by atoms with Gasteiger partial charge in [-0.2, -0.15) is 0 Å². The molecule has 0 bridgehead atoms. The van der Waals surface area contributed by atoms with E-state index in [0.717, 1.165) is 12.0 Å². The van der Waals surface area contributed by atoms with Crippen molar-refractivity contribution in [1.29, 1.82) is 0 Å². The van der Waals surface area contributed by atoms with E-state index < -0.39 is 11.8 Å². The van der Waals surface area contributed by atoms with Crippen molar-refractivity contribution in [2.75, 3.05) is 0 Å². The fourth-order valence-corrected chi connectivity index (χ4v) is 2.28. The highest BCUT2D eigenvalue weighted by Gasteiger charge is 2.13. The third-order valence-electron chi connectivity index (χ3n) is 3.67. The molecule has 2 aromatic carbocycles. The average molecular weight is 316 g/mol. The normalized spacial score (nSPS) is 10.4. The number of hydrogen-bond donors (Lipinski definition) is 0. The largest absolute Gasteiger partial charge is 0.489 e. The van der Waals surface area contributed by atoms with E-state index in [1.165, 1.54) is 17.7 Å². The van der Waals surface area contributed by atoms with Crippen LogP contribution >= 0.6 is 0 Å². The van der Waals surface area contributed by atoms with Crippen molar-refractivity contribution in [2.45, 2.75) is 40.2 Å². The highest BCUT2D eigenvalue weighted by molar-refractivity contribution is 5.72. The standard InChI is InChI=1S/C19H21FO3/c1-4-14-9-10-15(11-13(14)3)22-12-16-17(20)7-6-8-18(16)23-19(21)5-2/h6-11H,4-5,12H2,1-3H3. The van der Waals surface area contributed by atoms with Crippen LogP contribution in [0.1, 0.15) is 37.0 Å². The summed E-state index contributed by atoms with van der Waals surface area (Å²) in [5.74, 6) is 0.0165. The van der Waals surface area contributed by atoms with Crippen LogP contribution in [0, 0.1) is 12.7 Å². The molecule has 0 aliphatic heterocycles. The van der Waals surface area contributed by atoms with Crippen LogP contribution in [0.4, 0.5) is 4.39 Å². The fraction of sp³-hybridized carbons (Fsp3) is 0.316. The smallest absolute Gasteiger partial charge is 0.310 e. The van der Waals surface area contributed by atoms with Gasteiger partial charge in [0.25, 0.3) is 0 Å². The Morgan fingerprint density at radius 3 is 2.61 bits per heavy atom. The predicted octanol–water partition coefficient (Wildman–Crippen LogP) is 4.59. The van der Waals surface area contributed by atoms with Crippen LogP contribution in [-0.2, 0) is 17.8 Å². The van der Waals surface area contributed by atoms with Gasteiger partial charge in [-0.25, -0.2) is 4.39 Å². The number of aryl methyl sites for hydroxylation is 2. The second kappa shape index (κ2) is 7.77. The Labute approximate surface area is 136 Å². The first-order valence-corrected chi connectivity index (χ1v) is 7.75. The minimum Gasteiger partial charge on any atom is -0.489 e. The molecule has 0 aliphatic carbocycles. The van der Waals surface area contributed by atoms with Gasteiger partial charge >= 0.3 is 5.97 Å². The zero-order valence-electron chi connectivity index (χ0n) is 13.7. The molecule has 122 valence electrons. The Hall–Kier alpha value is -2.36. The quantitative estimate of drug-likeness (QED) is 0.577. The molecule has 4 heteroatoms. The summed E-state index contributed by atoms with van der Waals surface area (Å²) in [7, 11) is 0. The molecule has 0 amide bonds. The zero-order chi connectivity index (χ0) is 16.8. The Bertz CT molecular complexity index is 695. The maximum Gasteiger partial charge on any atom is 0.310 e. The molecule has 2 aromatic rings. The Kier molecular flexibility index (Phi) is 5.74. The van der Waals surface area contributed by atoms with E-state index in [1.807, 2.05) is 25.1 Å². The Morgan fingerprint density at radius 1 is 1.17 bits per heavy atom. The monoisotopic (exact) mass is 316 g/mol. The zero-order valence-corrected chi connectivity index (χ0v) is 13.7. The lowest BCUT2D eigenvalue weighted by atomic mass is 10.1. The summed E-state index contributed by atoms with van der Waals surface area (Å²) in [6.07, 6.45) is 1.19. The summed E-state index contributed by atoms with van der Waals surface area (Å²) in [5.41, 5.74) is 2.63. The molecule has 0 saturated carbocycles. The van der Waals surface area contributed by atoms with Crippen LogP contribution in [0.15, 0.2) is 36.4 Å². The highest BCUT2D eigenvalue weighted by Crippen LogP contribution is 2.25. The number of ether oxygens (including phenoxy) is 2. The molecular formula is C19H21FO3. The van der Waals surface area contributed by atoms with Gasteiger partial charge in [-0.3, -0.25) is 4.79 Å². The van der Waals surface area contributed by atoms with E-state index in [1.54, 1.807) is 13.0 Å². The number of benzene rings is 2. The summed E-state index contributed by atoms with van der Waals surface area (Å²) in [6.45, 7) is 5.81. The van der Waals surface area contributed by atoms with E-state index >= 15 is 0 Å². The van der Waals surface area contributed by atoms with Gasteiger partial charge in [-0.05, 0) is 48.7 Å². The number of halogens is 1. The van der Waals surface area contributed by atoms with Crippen LogP contribution in [0.25, 0.3) is 0 Å². The first kappa shape index (κ1) is 17.0. The van der Waals surface area contributed by atoms with Gasteiger partial charge in [0.2, 0.25) is 0 Å². The van der Waals surface area contributed by atoms with Crippen LogP contribution in [0.5, 0.6) is 11.5 Å². The van der Waals surface area contributed by atoms with Gasteiger partial charge in [0.05, 0.1) is 5.56 Å². The lowest BCUT2D eigenvalue weighted by Gasteiger charge is -2.13. The fourth-order valence-electron chi connectivity index (χ4n) is 2.28. The third kappa shape index (κ3) is 4.31. The van der Waals surface area contributed by atoms with E-state index in [-0.39, 0.29) is 24.3 Å². The molecular weight excluding hydrogens is 295 g/mol. The molecule has 23 heavy (non-hydrogen) atoms. The molecule has 0 heterocycles. The highest BCUT2D eigenvalue weighted by atomic mass is 19.1. The van der Waals surface area contributed by atoms with E-state index in [4.69, 9.17) is 9.47 Å². The Balaban J connectivity index is 2.16. The molecule has 3 nitrogen and oxygen atoms in total. The maximum atomic E-state index is 14.0. The lowest BCUT2D eigenvalue weighted by Crippen LogP contribution is -2.09. The van der Waals surface area contributed by atoms with Gasteiger partial charge in [0.1, 0.15) is 23.9 Å². The summed E-state index contributed by atoms with van der Waals surface area (Å²) in [6, 6.07) is 10.2. The molecule has 0 spiro atoms. The van der Waals surface area contributed by atoms with Crippen molar-refractivity contribution < 1.29 is 18.7 Å². The molecule has 0 atom stereocenters. The van der Waals surface area contributed by atoms with Crippen LogP contribution in [0.2, 0.25) is 0 Å². The number of rotatable bonds is 6. The molecule has 0 fully saturated rings. The minimum absolute atomic E-state index is 0.00388. The SMILES string of the molecule is CCC(=O)Oc1cccc(F)c1COc1ccc(CC)c(C)c1. The van der Waals surface area contributed by atoms with Gasteiger partial charge in [0.15, 0.2) is 0 Å². The van der Waals surface area contributed by atoms with Gasteiger partial charge in [0, 0.05) is 6.42 Å². The number of esters is 1. The predicted molar refractivity (Wildman–Crippen MR) is 87.2 cm³/mol. The van der Waals surface area contributed by atoms with Crippen molar-refractivity contribution >= 4 is 5.97 Å². The summed E-state index contributed by atoms with van der Waals surface area (Å²) in [4.78, 5) is 11.4. The number of hydrogen-bond acceptors (Lipinski definition) is 3. The first-order valence-electron chi connectivity index (χ1n) is 7.75. The third-order valence-corrected chi connectivity index (χ3v) is 3.67. The molecule has 2 rings (SSSR count). The van der Waals surface area contributed by atoms with Crippen LogP contribution in [-0.4, -0.2) is 5.97 Å². The van der Waals surface area contributed by atoms with Gasteiger partial charge < -0.3 is 9.47 Å². The molecule has 0 unspecified atom stereocenters. The molecule has 0 aromatic heterocycles. The minimum atomic E-state index is -0.451. The summed E-state index contributed by atoms with van der Waals surface area (Å²) in [5, 5.41) is 0. The molecule has 0 N–H and O–H groups in total. The van der Waals surface area contributed by atoms with Gasteiger partial charge in [-0.15, -0.1) is 0 Å². The lowest BCUT2D eigenvalue weighted by molar-refractivity contribution is -0.134. The van der Waals surface area contributed by atoms with E-state index in [2.05, 4.69) is 6.92 Å². The summed E-state index contributed by atoms with van der Waals surface area (Å²) >= 11 is 0. The van der Waals surface area contributed by atoms with Crippen LogP contribution in [0.3, 0.4) is 0 Å². The van der Waals surface area contributed by atoms with Crippen molar-refractivity contribution in [3.8, 4) is 11.5 Å². The topological polar surface area (TPSA) is 35.5 Å². The van der Waals surface area contributed by atoms with Crippen LogP contribution < -0.4 is 9.47 Å². The molecule has 0 radical (unpaired) electrons. The molecule has 0 saturated heterocycles. The van der Waals surface area contributed by atoms with Gasteiger partial charge in [-0.1, -0.05) is 26.0 Å². The van der Waals surface area contributed by atoms with E-state index in [9.17, 15) is 9.18 Å². The van der Waals surface area contributed by atoms with Crippen molar-refractivity contribution in [2.24, 2.45) is 0 Å². The first-order chi connectivity index (χ1) is 11.0. The van der Waals surface area contributed by atoms with Crippen molar-refractivity contribution in [3.63, 3.8) is 0 Å².